The van der Waals surface area contributed by atoms with E-state index in [1.165, 1.54) is 33.0 Å². The third-order valence-electron chi connectivity index (χ3n) is 5.95. The number of aromatic nitrogens is 2. The zero-order valence-electron chi connectivity index (χ0n) is 17.5. The predicted molar refractivity (Wildman–Crippen MR) is 126 cm³/mol. The van der Waals surface area contributed by atoms with Crippen LogP contribution >= 0.6 is 0 Å². The van der Waals surface area contributed by atoms with Crippen LogP contribution in [0.3, 0.4) is 0 Å². The van der Waals surface area contributed by atoms with E-state index in [0.717, 1.165) is 24.3 Å². The van der Waals surface area contributed by atoms with Crippen LogP contribution < -0.4 is 0 Å². The summed E-state index contributed by atoms with van der Waals surface area (Å²) in [5, 5.41) is 2.59. The van der Waals surface area contributed by atoms with Gasteiger partial charge in [-0.05, 0) is 45.5 Å². The first-order valence-electron chi connectivity index (χ1n) is 10.7. The lowest BCUT2D eigenvalue weighted by atomic mass is 10.0. The number of hydrogen-bond acceptors (Lipinski definition) is 1. The van der Waals surface area contributed by atoms with Crippen LogP contribution in [0.15, 0.2) is 91.0 Å². The zero-order valence-corrected chi connectivity index (χ0v) is 17.5. The molecule has 0 aliphatic rings. The van der Waals surface area contributed by atoms with Gasteiger partial charge in [0.1, 0.15) is 5.82 Å². The number of rotatable bonds is 5. The first-order chi connectivity index (χ1) is 14.7. The minimum Gasteiger partial charge on any atom is -0.323 e. The predicted octanol–water partition coefficient (Wildman–Crippen LogP) is 6.95. The highest BCUT2D eigenvalue weighted by Crippen LogP contribution is 2.25. The van der Waals surface area contributed by atoms with Crippen LogP contribution in [0.2, 0.25) is 0 Å². The summed E-state index contributed by atoms with van der Waals surface area (Å²) in [4.78, 5) is 5.02. The van der Waals surface area contributed by atoms with Gasteiger partial charge in [0.15, 0.2) is 0 Å². The minimum absolute atomic E-state index is 0.551. The van der Waals surface area contributed by atoms with Gasteiger partial charge >= 0.3 is 0 Å². The lowest BCUT2D eigenvalue weighted by Gasteiger charge is -2.12. The van der Waals surface area contributed by atoms with Gasteiger partial charge < -0.3 is 4.57 Å². The van der Waals surface area contributed by atoms with Gasteiger partial charge in [0.2, 0.25) is 0 Å². The van der Waals surface area contributed by atoms with E-state index < -0.39 is 0 Å². The second-order valence-corrected chi connectivity index (χ2v) is 8.31. The average molecular weight is 391 g/mol. The molecule has 0 spiro atoms. The van der Waals surface area contributed by atoms with E-state index >= 15 is 0 Å². The molecule has 148 valence electrons. The molecule has 0 N–H and O–H groups in total. The summed E-state index contributed by atoms with van der Waals surface area (Å²) in [6.45, 7) is 5.31. The van der Waals surface area contributed by atoms with Crippen LogP contribution in [-0.2, 0) is 13.0 Å². The molecule has 0 aliphatic heterocycles. The van der Waals surface area contributed by atoms with Crippen LogP contribution in [0.1, 0.15) is 42.3 Å². The summed E-state index contributed by atoms with van der Waals surface area (Å²) in [6.07, 6.45) is 0.820. The Morgan fingerprint density at radius 3 is 2.33 bits per heavy atom. The topological polar surface area (TPSA) is 17.8 Å². The van der Waals surface area contributed by atoms with Crippen molar-refractivity contribution < 1.29 is 0 Å². The second kappa shape index (κ2) is 7.79. The summed E-state index contributed by atoms with van der Waals surface area (Å²) in [5.41, 5.74) is 6.26. The van der Waals surface area contributed by atoms with E-state index in [2.05, 4.69) is 109 Å². The van der Waals surface area contributed by atoms with Crippen molar-refractivity contribution in [3.8, 4) is 0 Å². The average Bonchev–Trinajstić information content (AvgIpc) is 3.11. The normalized spacial score (nSPS) is 11.6. The van der Waals surface area contributed by atoms with Crippen molar-refractivity contribution in [2.75, 3.05) is 0 Å². The fourth-order valence-corrected chi connectivity index (χ4v) is 4.24. The molecular formula is C28H26N2. The minimum atomic E-state index is 0.551. The molecule has 0 radical (unpaired) electrons. The summed E-state index contributed by atoms with van der Waals surface area (Å²) < 4.78 is 2.38. The molecule has 0 fully saturated rings. The van der Waals surface area contributed by atoms with E-state index in [1.54, 1.807) is 0 Å². The second-order valence-electron chi connectivity index (χ2n) is 8.31. The highest BCUT2D eigenvalue weighted by molar-refractivity contribution is 5.86. The Morgan fingerprint density at radius 1 is 0.767 bits per heavy atom. The number of para-hydroxylation sites is 2. The van der Waals surface area contributed by atoms with Gasteiger partial charge in [-0.1, -0.05) is 92.7 Å². The summed E-state index contributed by atoms with van der Waals surface area (Å²) in [6, 6.07) is 32.6. The third kappa shape index (κ3) is 3.50. The lowest BCUT2D eigenvalue weighted by Crippen LogP contribution is -2.06. The van der Waals surface area contributed by atoms with Crippen molar-refractivity contribution in [1.29, 1.82) is 0 Å². The van der Waals surface area contributed by atoms with Crippen molar-refractivity contribution in [1.82, 2.24) is 9.55 Å². The van der Waals surface area contributed by atoms with Gasteiger partial charge in [-0.25, -0.2) is 4.98 Å². The smallest absolute Gasteiger partial charge is 0.114 e. The monoisotopic (exact) mass is 390 g/mol. The molecule has 0 atom stereocenters. The molecule has 0 bridgehead atoms. The highest BCUT2D eigenvalue weighted by atomic mass is 15.1. The molecule has 0 saturated carbocycles. The van der Waals surface area contributed by atoms with Crippen LogP contribution in [0, 0.1) is 0 Å². The molecule has 1 aromatic heterocycles. The maximum absolute atomic E-state index is 5.02. The van der Waals surface area contributed by atoms with Crippen molar-refractivity contribution in [3.05, 3.63) is 114 Å². The molecule has 5 aromatic rings. The zero-order chi connectivity index (χ0) is 20.5. The molecule has 0 amide bonds. The van der Waals surface area contributed by atoms with Gasteiger partial charge in [-0.3, -0.25) is 0 Å². The fourth-order valence-electron chi connectivity index (χ4n) is 4.24. The van der Waals surface area contributed by atoms with Gasteiger partial charge in [-0.2, -0.15) is 0 Å². The molecule has 4 aromatic carbocycles. The highest BCUT2D eigenvalue weighted by Gasteiger charge is 2.13. The van der Waals surface area contributed by atoms with E-state index in [9.17, 15) is 0 Å². The van der Waals surface area contributed by atoms with Gasteiger partial charge in [0.25, 0.3) is 0 Å². The van der Waals surface area contributed by atoms with E-state index in [1.807, 2.05) is 0 Å². The van der Waals surface area contributed by atoms with Gasteiger partial charge in [0.05, 0.1) is 11.0 Å². The maximum Gasteiger partial charge on any atom is 0.114 e. The first kappa shape index (κ1) is 18.6. The van der Waals surface area contributed by atoms with Crippen molar-refractivity contribution >= 4 is 21.8 Å². The molecular weight excluding hydrogens is 364 g/mol. The Hall–Kier alpha value is -3.39. The van der Waals surface area contributed by atoms with Crippen LogP contribution in [0.4, 0.5) is 0 Å². The number of imidazole rings is 1. The van der Waals surface area contributed by atoms with E-state index in [0.29, 0.717) is 5.92 Å². The molecule has 1 heterocycles. The van der Waals surface area contributed by atoms with Gasteiger partial charge in [0, 0.05) is 13.0 Å². The van der Waals surface area contributed by atoms with Crippen molar-refractivity contribution in [3.63, 3.8) is 0 Å². The Labute approximate surface area is 177 Å². The van der Waals surface area contributed by atoms with Crippen LogP contribution in [0.5, 0.6) is 0 Å². The fraction of sp³-hybridized carbons (Fsp3) is 0.179. The molecule has 0 aliphatic carbocycles. The van der Waals surface area contributed by atoms with Crippen LogP contribution in [-0.4, -0.2) is 9.55 Å². The number of fused-ring (bicyclic) bond motifs is 2. The maximum atomic E-state index is 5.02. The Balaban J connectivity index is 1.57. The number of hydrogen-bond donors (Lipinski definition) is 0. The molecule has 2 heteroatoms. The Morgan fingerprint density at radius 2 is 1.50 bits per heavy atom. The Kier molecular flexibility index (Phi) is 4.84. The number of benzene rings is 4. The first-order valence-corrected chi connectivity index (χ1v) is 10.7. The Bertz CT molecular complexity index is 1300. The quantitative estimate of drug-likeness (QED) is 0.317. The number of nitrogens with zero attached hydrogens (tertiary/aromatic N) is 2. The third-order valence-corrected chi connectivity index (χ3v) is 5.95. The largest absolute Gasteiger partial charge is 0.323 e. The summed E-state index contributed by atoms with van der Waals surface area (Å²) >= 11 is 0. The van der Waals surface area contributed by atoms with E-state index in [-0.39, 0.29) is 0 Å². The standard InChI is InChI=1S/C28H26N2/c1-20(2)22-16-14-21(15-17-22)19-30-27-13-6-5-12-26(27)29-28(30)18-24-10-7-9-23-8-3-4-11-25(23)24/h3-17,20H,18-19H2,1-2H3. The van der Waals surface area contributed by atoms with Crippen molar-refractivity contribution in [2.24, 2.45) is 0 Å². The molecule has 0 saturated heterocycles. The summed E-state index contributed by atoms with van der Waals surface area (Å²) in [5.74, 6) is 1.66. The van der Waals surface area contributed by atoms with Crippen LogP contribution in [0.25, 0.3) is 21.8 Å². The van der Waals surface area contributed by atoms with Gasteiger partial charge in [-0.15, -0.1) is 0 Å². The molecule has 5 rings (SSSR count). The molecule has 2 nitrogen and oxygen atoms in total. The molecule has 0 unspecified atom stereocenters. The van der Waals surface area contributed by atoms with Crippen molar-refractivity contribution in [2.45, 2.75) is 32.7 Å². The summed E-state index contributed by atoms with van der Waals surface area (Å²) in [7, 11) is 0. The molecule has 30 heavy (non-hydrogen) atoms. The van der Waals surface area contributed by atoms with E-state index in [4.69, 9.17) is 4.98 Å². The SMILES string of the molecule is CC(C)c1ccc(Cn2c(Cc3cccc4ccccc34)nc3ccccc32)cc1. The lowest BCUT2D eigenvalue weighted by molar-refractivity contribution is 0.762.